The van der Waals surface area contributed by atoms with Crippen molar-refractivity contribution in [2.75, 3.05) is 13.7 Å². The van der Waals surface area contributed by atoms with Crippen molar-refractivity contribution in [3.63, 3.8) is 0 Å². The van der Waals surface area contributed by atoms with Gasteiger partial charge in [0.15, 0.2) is 0 Å². The number of benzene rings is 2. The number of aliphatic hydroxyl groups excluding tert-OH is 1. The molecule has 0 aliphatic heterocycles. The van der Waals surface area contributed by atoms with Crippen molar-refractivity contribution in [3.8, 4) is 5.75 Å². The number of fused-ring (bicyclic) bond motifs is 1. The first-order chi connectivity index (χ1) is 13.1. The molecule has 0 heterocycles. The van der Waals surface area contributed by atoms with Gasteiger partial charge in [0, 0.05) is 5.54 Å². The first-order valence-electron chi connectivity index (χ1n) is 10.2. The Morgan fingerprint density at radius 3 is 2.81 bits per heavy atom. The fourth-order valence-corrected chi connectivity index (χ4v) is 5.00. The molecule has 2 aliphatic rings. The van der Waals surface area contributed by atoms with Gasteiger partial charge in [0.05, 0.1) is 13.7 Å². The van der Waals surface area contributed by atoms with E-state index in [4.69, 9.17) is 10.5 Å². The summed E-state index contributed by atoms with van der Waals surface area (Å²) in [6.07, 6.45) is 7.61. The number of aryl methyl sites for hydroxylation is 1. The highest BCUT2D eigenvalue weighted by atomic mass is 16.5. The SMILES string of the molecule is COc1cccc(CC2CCc3cc([C@H]4CC[C@](N)(CO)C4)ccc3C2)c1. The van der Waals surface area contributed by atoms with Gasteiger partial charge in [-0.05, 0) is 91.2 Å². The lowest BCUT2D eigenvalue weighted by Gasteiger charge is -2.26. The largest absolute Gasteiger partial charge is 0.497 e. The zero-order chi connectivity index (χ0) is 18.9. The topological polar surface area (TPSA) is 55.5 Å². The standard InChI is InChI=1S/C24H31NO2/c1-27-23-4-2-3-17(13-23)11-18-5-6-20-14-21(8-7-19(20)12-18)22-9-10-24(25,15-22)16-26/h2-4,7-8,13-14,18,22,26H,5-6,9-12,15-16,25H2,1H3/t18?,22-,24+/m0/s1. The van der Waals surface area contributed by atoms with E-state index < -0.39 is 0 Å². The molecule has 3 heteroatoms. The van der Waals surface area contributed by atoms with Gasteiger partial charge in [-0.15, -0.1) is 0 Å². The monoisotopic (exact) mass is 365 g/mol. The first-order valence-corrected chi connectivity index (χ1v) is 10.2. The van der Waals surface area contributed by atoms with Gasteiger partial charge in [-0.25, -0.2) is 0 Å². The van der Waals surface area contributed by atoms with E-state index in [-0.39, 0.29) is 12.1 Å². The molecule has 0 saturated heterocycles. The molecule has 2 aliphatic carbocycles. The Balaban J connectivity index is 1.43. The van der Waals surface area contributed by atoms with Crippen molar-refractivity contribution in [2.24, 2.45) is 11.7 Å². The second-order valence-electron chi connectivity index (χ2n) is 8.65. The predicted octanol–water partition coefficient (Wildman–Crippen LogP) is 4.00. The van der Waals surface area contributed by atoms with E-state index in [1.54, 1.807) is 7.11 Å². The second-order valence-corrected chi connectivity index (χ2v) is 8.65. The van der Waals surface area contributed by atoms with Crippen molar-refractivity contribution >= 4 is 0 Å². The highest BCUT2D eigenvalue weighted by molar-refractivity contribution is 5.37. The fraction of sp³-hybridized carbons (Fsp3) is 0.500. The molecule has 1 fully saturated rings. The third-order valence-electron chi connectivity index (χ3n) is 6.65. The van der Waals surface area contributed by atoms with Crippen LogP contribution in [0.1, 0.15) is 53.9 Å². The van der Waals surface area contributed by atoms with Gasteiger partial charge < -0.3 is 15.6 Å². The lowest BCUT2D eigenvalue weighted by molar-refractivity contribution is 0.198. The van der Waals surface area contributed by atoms with Crippen LogP contribution in [0, 0.1) is 5.92 Å². The summed E-state index contributed by atoms with van der Waals surface area (Å²) in [6, 6.07) is 15.5. The maximum absolute atomic E-state index is 9.53. The third-order valence-corrected chi connectivity index (χ3v) is 6.65. The summed E-state index contributed by atoms with van der Waals surface area (Å²) in [5.74, 6) is 2.15. The van der Waals surface area contributed by atoms with Gasteiger partial charge in [-0.3, -0.25) is 0 Å². The van der Waals surface area contributed by atoms with Crippen molar-refractivity contribution in [3.05, 3.63) is 64.7 Å². The molecular weight excluding hydrogens is 334 g/mol. The van der Waals surface area contributed by atoms with E-state index in [0.717, 1.165) is 44.3 Å². The summed E-state index contributed by atoms with van der Waals surface area (Å²) < 4.78 is 5.36. The van der Waals surface area contributed by atoms with E-state index >= 15 is 0 Å². The second kappa shape index (κ2) is 7.65. The number of hydrogen-bond donors (Lipinski definition) is 2. The molecule has 27 heavy (non-hydrogen) atoms. The Morgan fingerprint density at radius 2 is 2.04 bits per heavy atom. The van der Waals surface area contributed by atoms with E-state index in [1.807, 2.05) is 6.07 Å². The molecule has 3 nitrogen and oxygen atoms in total. The smallest absolute Gasteiger partial charge is 0.119 e. The van der Waals surface area contributed by atoms with E-state index in [0.29, 0.717) is 11.8 Å². The van der Waals surface area contributed by atoms with E-state index in [2.05, 4.69) is 36.4 Å². The van der Waals surface area contributed by atoms with Crippen LogP contribution in [-0.4, -0.2) is 24.4 Å². The van der Waals surface area contributed by atoms with E-state index in [1.165, 1.54) is 28.7 Å². The van der Waals surface area contributed by atoms with Gasteiger partial charge in [0.1, 0.15) is 5.75 Å². The Hall–Kier alpha value is -1.84. The molecular formula is C24H31NO2. The maximum Gasteiger partial charge on any atom is 0.119 e. The Labute approximate surface area is 162 Å². The van der Waals surface area contributed by atoms with Crippen LogP contribution < -0.4 is 10.5 Å². The van der Waals surface area contributed by atoms with Crippen molar-refractivity contribution < 1.29 is 9.84 Å². The molecule has 3 atom stereocenters. The van der Waals surface area contributed by atoms with Gasteiger partial charge >= 0.3 is 0 Å². The maximum atomic E-state index is 9.53. The Morgan fingerprint density at radius 1 is 1.15 bits per heavy atom. The zero-order valence-electron chi connectivity index (χ0n) is 16.3. The highest BCUT2D eigenvalue weighted by Gasteiger charge is 2.36. The lowest BCUT2D eigenvalue weighted by Crippen LogP contribution is -2.40. The first kappa shape index (κ1) is 18.5. The number of nitrogens with two attached hydrogens (primary N) is 1. The number of methoxy groups -OCH3 is 1. The number of ether oxygens (including phenoxy) is 1. The normalized spacial score (nSPS) is 27.4. The average molecular weight is 366 g/mol. The summed E-state index contributed by atoms with van der Waals surface area (Å²) in [5, 5.41) is 9.53. The molecule has 0 bridgehead atoms. The average Bonchev–Trinajstić information content (AvgIpc) is 3.10. The molecule has 0 spiro atoms. The van der Waals surface area contributed by atoms with Gasteiger partial charge in [-0.2, -0.15) is 0 Å². The van der Waals surface area contributed by atoms with Gasteiger partial charge in [0.2, 0.25) is 0 Å². The zero-order valence-corrected chi connectivity index (χ0v) is 16.3. The van der Waals surface area contributed by atoms with Crippen LogP contribution in [0.5, 0.6) is 5.75 Å². The van der Waals surface area contributed by atoms with Crippen LogP contribution in [0.25, 0.3) is 0 Å². The van der Waals surface area contributed by atoms with E-state index in [9.17, 15) is 5.11 Å². The molecule has 0 amide bonds. The lowest BCUT2D eigenvalue weighted by atomic mass is 9.79. The molecule has 3 N–H and O–H groups in total. The number of aliphatic hydroxyl groups is 1. The van der Waals surface area contributed by atoms with Gasteiger partial charge in [-0.1, -0.05) is 30.3 Å². The van der Waals surface area contributed by atoms with Gasteiger partial charge in [0.25, 0.3) is 0 Å². The fourth-order valence-electron chi connectivity index (χ4n) is 5.00. The minimum Gasteiger partial charge on any atom is -0.497 e. The minimum atomic E-state index is -0.373. The highest BCUT2D eigenvalue weighted by Crippen LogP contribution is 2.40. The van der Waals surface area contributed by atoms with Crippen LogP contribution >= 0.6 is 0 Å². The van der Waals surface area contributed by atoms with Crippen LogP contribution in [0.2, 0.25) is 0 Å². The third kappa shape index (κ3) is 4.04. The molecule has 1 unspecified atom stereocenters. The molecule has 2 aromatic rings. The minimum absolute atomic E-state index is 0.0976. The summed E-state index contributed by atoms with van der Waals surface area (Å²) in [5.41, 5.74) is 11.7. The van der Waals surface area contributed by atoms with Crippen LogP contribution in [0.4, 0.5) is 0 Å². The summed E-state index contributed by atoms with van der Waals surface area (Å²) >= 11 is 0. The van der Waals surface area contributed by atoms with Crippen LogP contribution in [-0.2, 0) is 19.3 Å². The molecule has 0 aromatic heterocycles. The predicted molar refractivity (Wildman–Crippen MR) is 109 cm³/mol. The van der Waals surface area contributed by atoms with Crippen LogP contribution in [0.15, 0.2) is 42.5 Å². The summed E-state index contributed by atoms with van der Waals surface area (Å²) in [4.78, 5) is 0. The summed E-state index contributed by atoms with van der Waals surface area (Å²) in [7, 11) is 1.73. The van der Waals surface area contributed by atoms with Crippen molar-refractivity contribution in [2.45, 2.75) is 56.4 Å². The van der Waals surface area contributed by atoms with Crippen LogP contribution in [0.3, 0.4) is 0 Å². The quantitative estimate of drug-likeness (QED) is 0.842. The Kier molecular flexibility index (Phi) is 5.25. The molecule has 2 aromatic carbocycles. The molecule has 0 radical (unpaired) electrons. The number of rotatable bonds is 5. The Bertz CT molecular complexity index is 803. The molecule has 144 valence electrons. The molecule has 4 rings (SSSR count). The summed E-state index contributed by atoms with van der Waals surface area (Å²) in [6.45, 7) is 0.0976. The van der Waals surface area contributed by atoms with Crippen molar-refractivity contribution in [1.29, 1.82) is 0 Å². The van der Waals surface area contributed by atoms with Crippen molar-refractivity contribution in [1.82, 2.24) is 0 Å². The number of hydrogen-bond acceptors (Lipinski definition) is 3. The molecule has 1 saturated carbocycles.